The zero-order valence-corrected chi connectivity index (χ0v) is 12.3. The molecule has 4 heteroatoms. The van der Waals surface area contributed by atoms with Crippen molar-refractivity contribution in [3.05, 3.63) is 53.1 Å². The van der Waals surface area contributed by atoms with Crippen LogP contribution in [-0.4, -0.2) is 20.8 Å². The number of hydrogen-bond acceptors (Lipinski definition) is 4. The highest BCUT2D eigenvalue weighted by molar-refractivity contribution is 5.52. The molecule has 1 heterocycles. The third kappa shape index (κ3) is 2.54. The maximum atomic E-state index is 5.78. The lowest BCUT2D eigenvalue weighted by molar-refractivity contribution is 0.353. The molecule has 1 aliphatic heterocycles. The molecule has 0 fully saturated rings. The number of nitrogen functional groups attached to an aromatic ring is 1. The molecule has 0 bridgehead atoms. The average molecular weight is 284 g/mol. The molecule has 0 saturated carbocycles. The molecule has 4 nitrogen and oxygen atoms in total. The van der Waals surface area contributed by atoms with E-state index in [4.69, 9.17) is 15.2 Å². The van der Waals surface area contributed by atoms with E-state index in [-0.39, 0.29) is 6.04 Å². The first-order chi connectivity index (χ1) is 10.2. The summed E-state index contributed by atoms with van der Waals surface area (Å²) >= 11 is 0. The summed E-state index contributed by atoms with van der Waals surface area (Å²) in [6, 6.07) is 12.3. The Hall–Kier alpha value is -2.20. The van der Waals surface area contributed by atoms with Crippen molar-refractivity contribution < 1.29 is 9.47 Å². The van der Waals surface area contributed by atoms with Gasteiger partial charge in [-0.05, 0) is 47.4 Å². The van der Waals surface area contributed by atoms with Gasteiger partial charge in [-0.1, -0.05) is 12.1 Å². The summed E-state index contributed by atoms with van der Waals surface area (Å²) in [6.07, 6.45) is 0.987. The zero-order chi connectivity index (χ0) is 14.8. The Morgan fingerprint density at radius 3 is 2.38 bits per heavy atom. The van der Waals surface area contributed by atoms with Crippen LogP contribution in [0.2, 0.25) is 0 Å². The fraction of sp³-hybridized carbons (Fsp3) is 0.294. The van der Waals surface area contributed by atoms with E-state index in [9.17, 15) is 0 Å². The fourth-order valence-corrected chi connectivity index (χ4v) is 2.87. The van der Waals surface area contributed by atoms with Crippen molar-refractivity contribution in [1.29, 1.82) is 0 Å². The van der Waals surface area contributed by atoms with Crippen LogP contribution in [-0.2, 0) is 6.42 Å². The number of fused-ring (bicyclic) bond motifs is 1. The van der Waals surface area contributed by atoms with Gasteiger partial charge in [-0.3, -0.25) is 0 Å². The van der Waals surface area contributed by atoms with Gasteiger partial charge in [-0.15, -0.1) is 0 Å². The van der Waals surface area contributed by atoms with E-state index in [2.05, 4.69) is 29.6 Å². The Labute approximate surface area is 124 Å². The van der Waals surface area contributed by atoms with Crippen molar-refractivity contribution in [2.45, 2.75) is 12.5 Å². The van der Waals surface area contributed by atoms with E-state index < -0.39 is 0 Å². The number of ether oxygens (including phenoxy) is 2. The van der Waals surface area contributed by atoms with Crippen LogP contribution in [0.5, 0.6) is 11.5 Å². The molecule has 110 valence electrons. The molecule has 3 N–H and O–H groups in total. The standard InChI is InChI=1S/C17H20N2O2/c1-20-15-9-12-7-8-19-17(14(12)10-16(15)21-2)11-3-5-13(18)6-4-11/h3-6,9-10,17,19H,7-8,18H2,1-2H3/t17-/m1/s1. The number of rotatable bonds is 3. The molecule has 0 radical (unpaired) electrons. The third-order valence-corrected chi connectivity index (χ3v) is 3.97. The minimum Gasteiger partial charge on any atom is -0.493 e. The Morgan fingerprint density at radius 2 is 1.71 bits per heavy atom. The molecule has 2 aromatic rings. The maximum absolute atomic E-state index is 5.78. The summed E-state index contributed by atoms with van der Waals surface area (Å²) in [5, 5.41) is 3.56. The molecule has 1 aliphatic rings. The Morgan fingerprint density at radius 1 is 1.05 bits per heavy atom. The number of nitrogens with one attached hydrogen (secondary N) is 1. The molecule has 3 rings (SSSR count). The van der Waals surface area contributed by atoms with E-state index in [0.29, 0.717) is 0 Å². The van der Waals surface area contributed by atoms with Gasteiger partial charge in [-0.2, -0.15) is 0 Å². The average Bonchev–Trinajstić information content (AvgIpc) is 2.53. The summed E-state index contributed by atoms with van der Waals surface area (Å²) in [4.78, 5) is 0. The second kappa shape index (κ2) is 5.66. The van der Waals surface area contributed by atoms with Crippen LogP contribution >= 0.6 is 0 Å². The summed E-state index contributed by atoms with van der Waals surface area (Å²) in [5.74, 6) is 1.55. The minimum atomic E-state index is 0.161. The molecule has 21 heavy (non-hydrogen) atoms. The van der Waals surface area contributed by atoms with Crippen molar-refractivity contribution in [2.24, 2.45) is 0 Å². The first-order valence-corrected chi connectivity index (χ1v) is 7.06. The van der Waals surface area contributed by atoms with Crippen LogP contribution in [0, 0.1) is 0 Å². The van der Waals surface area contributed by atoms with Crippen molar-refractivity contribution in [3.63, 3.8) is 0 Å². The number of nitrogens with two attached hydrogens (primary N) is 1. The van der Waals surface area contributed by atoms with Gasteiger partial charge in [0.25, 0.3) is 0 Å². The van der Waals surface area contributed by atoms with Crippen LogP contribution in [0.3, 0.4) is 0 Å². The topological polar surface area (TPSA) is 56.5 Å². The highest BCUT2D eigenvalue weighted by Gasteiger charge is 2.23. The number of methoxy groups -OCH3 is 2. The van der Waals surface area contributed by atoms with Gasteiger partial charge in [0.05, 0.1) is 20.3 Å². The molecule has 0 amide bonds. The second-order valence-electron chi connectivity index (χ2n) is 5.21. The van der Waals surface area contributed by atoms with Crippen molar-refractivity contribution in [2.75, 3.05) is 26.5 Å². The highest BCUT2D eigenvalue weighted by atomic mass is 16.5. The van der Waals surface area contributed by atoms with Gasteiger partial charge in [-0.25, -0.2) is 0 Å². The van der Waals surface area contributed by atoms with Crippen LogP contribution in [0.4, 0.5) is 5.69 Å². The third-order valence-electron chi connectivity index (χ3n) is 3.97. The molecule has 2 aromatic carbocycles. The first-order valence-electron chi connectivity index (χ1n) is 7.06. The second-order valence-corrected chi connectivity index (χ2v) is 5.21. The lowest BCUT2D eigenvalue weighted by atomic mass is 9.89. The normalized spacial score (nSPS) is 17.1. The smallest absolute Gasteiger partial charge is 0.161 e. The predicted molar refractivity (Wildman–Crippen MR) is 84.0 cm³/mol. The molecule has 0 unspecified atom stereocenters. The Balaban J connectivity index is 2.06. The van der Waals surface area contributed by atoms with E-state index in [1.807, 2.05) is 12.1 Å². The molecule has 0 saturated heterocycles. The number of benzene rings is 2. The van der Waals surface area contributed by atoms with E-state index >= 15 is 0 Å². The van der Waals surface area contributed by atoms with Crippen molar-refractivity contribution >= 4 is 5.69 Å². The molecule has 0 spiro atoms. The molecule has 0 aliphatic carbocycles. The molecule has 1 atom stereocenters. The van der Waals surface area contributed by atoms with Crippen LogP contribution in [0.1, 0.15) is 22.7 Å². The lowest BCUT2D eigenvalue weighted by Crippen LogP contribution is -2.30. The first kappa shape index (κ1) is 13.8. The monoisotopic (exact) mass is 284 g/mol. The quantitative estimate of drug-likeness (QED) is 0.850. The van der Waals surface area contributed by atoms with E-state index in [0.717, 1.165) is 30.2 Å². The van der Waals surface area contributed by atoms with Gasteiger partial charge in [0.15, 0.2) is 11.5 Å². The van der Waals surface area contributed by atoms with E-state index in [1.54, 1.807) is 14.2 Å². The summed E-state index contributed by atoms with van der Waals surface area (Å²) in [5.41, 5.74) is 10.3. The Bertz CT molecular complexity index is 638. The van der Waals surface area contributed by atoms with Crippen LogP contribution < -0.4 is 20.5 Å². The van der Waals surface area contributed by atoms with Crippen molar-refractivity contribution in [3.8, 4) is 11.5 Å². The molecule has 0 aromatic heterocycles. The Kier molecular flexibility index (Phi) is 3.71. The zero-order valence-electron chi connectivity index (χ0n) is 12.3. The fourth-order valence-electron chi connectivity index (χ4n) is 2.87. The van der Waals surface area contributed by atoms with E-state index in [1.165, 1.54) is 16.7 Å². The largest absolute Gasteiger partial charge is 0.493 e. The molecular formula is C17H20N2O2. The maximum Gasteiger partial charge on any atom is 0.161 e. The number of hydrogen-bond donors (Lipinski definition) is 2. The summed E-state index contributed by atoms with van der Waals surface area (Å²) < 4.78 is 10.8. The van der Waals surface area contributed by atoms with Crippen LogP contribution in [0.15, 0.2) is 36.4 Å². The van der Waals surface area contributed by atoms with Gasteiger partial charge >= 0.3 is 0 Å². The van der Waals surface area contributed by atoms with Gasteiger partial charge in [0.2, 0.25) is 0 Å². The minimum absolute atomic E-state index is 0.161. The SMILES string of the molecule is COc1cc2c(cc1OC)[C@@H](c1ccc(N)cc1)NCC2. The highest BCUT2D eigenvalue weighted by Crippen LogP contribution is 2.37. The lowest BCUT2D eigenvalue weighted by Gasteiger charge is -2.28. The van der Waals surface area contributed by atoms with Crippen LogP contribution in [0.25, 0.3) is 0 Å². The van der Waals surface area contributed by atoms with Gasteiger partial charge in [0, 0.05) is 12.2 Å². The predicted octanol–water partition coefficient (Wildman–Crippen LogP) is 2.52. The van der Waals surface area contributed by atoms with Gasteiger partial charge < -0.3 is 20.5 Å². The number of anilines is 1. The summed E-state index contributed by atoms with van der Waals surface area (Å²) in [7, 11) is 3.33. The summed E-state index contributed by atoms with van der Waals surface area (Å²) in [6.45, 7) is 0.942. The molecular weight excluding hydrogens is 264 g/mol. The van der Waals surface area contributed by atoms with Crippen molar-refractivity contribution in [1.82, 2.24) is 5.32 Å². The van der Waals surface area contributed by atoms with Gasteiger partial charge in [0.1, 0.15) is 0 Å².